The van der Waals surface area contributed by atoms with E-state index in [0.717, 1.165) is 25.9 Å². The summed E-state index contributed by atoms with van der Waals surface area (Å²) in [5.74, 6) is -0.305. The highest BCUT2D eigenvalue weighted by Gasteiger charge is 2.23. The third kappa shape index (κ3) is 3.20. The number of quaternary nitrogens is 1. The van der Waals surface area contributed by atoms with Gasteiger partial charge in [0.05, 0.1) is 30.7 Å². The molecule has 0 spiro atoms. The molecule has 1 N–H and O–H groups in total. The number of piperidine rings is 1. The summed E-state index contributed by atoms with van der Waals surface area (Å²) in [6.45, 7) is 2.11. The van der Waals surface area contributed by atoms with E-state index in [1.165, 1.54) is 4.90 Å². The van der Waals surface area contributed by atoms with Gasteiger partial charge in [-0.15, -0.1) is 0 Å². The minimum atomic E-state index is -0.305. The molecule has 2 rings (SSSR count). The highest BCUT2D eigenvalue weighted by molar-refractivity contribution is 6.33. The molecule has 17 heavy (non-hydrogen) atoms. The number of carbonyl (C=O) groups excluding carboxylic acids is 1. The number of nitrogens with one attached hydrogen (secondary N) is 1. The van der Waals surface area contributed by atoms with Gasteiger partial charge >= 0.3 is 5.97 Å². The zero-order valence-corrected chi connectivity index (χ0v) is 10.7. The molecule has 1 aromatic carbocycles. The lowest BCUT2D eigenvalue weighted by Gasteiger charge is -2.26. The number of benzene rings is 1. The van der Waals surface area contributed by atoms with Crippen molar-refractivity contribution in [1.82, 2.24) is 0 Å². The Balaban J connectivity index is 1.96. The molecule has 0 radical (unpaired) electrons. The maximum atomic E-state index is 11.9. The van der Waals surface area contributed by atoms with Crippen molar-refractivity contribution >= 4 is 17.6 Å². The summed E-state index contributed by atoms with van der Waals surface area (Å²) in [4.78, 5) is 13.4. The standard InChI is InChI=1S/C13H16ClNO2/c1-15-8-6-10(7-9-15)17-13(16)11-4-2-3-5-12(11)14/h2-5,10H,6-9H2,1H3/p+1. The van der Waals surface area contributed by atoms with Crippen LogP contribution in [0.25, 0.3) is 0 Å². The van der Waals surface area contributed by atoms with Crippen LogP contribution in [0, 0.1) is 0 Å². The van der Waals surface area contributed by atoms with Gasteiger partial charge in [-0.2, -0.15) is 0 Å². The molecule has 1 saturated heterocycles. The maximum Gasteiger partial charge on any atom is 0.339 e. The third-order valence-corrected chi connectivity index (χ3v) is 3.48. The average molecular weight is 255 g/mol. The van der Waals surface area contributed by atoms with E-state index in [4.69, 9.17) is 16.3 Å². The Morgan fingerprint density at radius 3 is 2.65 bits per heavy atom. The molecule has 1 heterocycles. The minimum Gasteiger partial charge on any atom is -0.458 e. The van der Waals surface area contributed by atoms with E-state index in [2.05, 4.69) is 7.05 Å². The number of halogens is 1. The van der Waals surface area contributed by atoms with Crippen LogP contribution in [0.3, 0.4) is 0 Å². The number of carbonyl (C=O) groups is 1. The van der Waals surface area contributed by atoms with E-state index in [0.29, 0.717) is 10.6 Å². The number of likely N-dealkylation sites (tertiary alicyclic amines) is 1. The number of hydrogen-bond acceptors (Lipinski definition) is 2. The van der Waals surface area contributed by atoms with Gasteiger partial charge in [0.2, 0.25) is 0 Å². The van der Waals surface area contributed by atoms with E-state index in [1.807, 2.05) is 0 Å². The molecular weight excluding hydrogens is 238 g/mol. The molecule has 0 aliphatic carbocycles. The summed E-state index contributed by atoms with van der Waals surface area (Å²) in [7, 11) is 2.16. The summed E-state index contributed by atoms with van der Waals surface area (Å²) in [6.07, 6.45) is 1.91. The Labute approximate surface area is 106 Å². The summed E-state index contributed by atoms with van der Waals surface area (Å²) < 4.78 is 5.47. The highest BCUT2D eigenvalue weighted by atomic mass is 35.5. The molecule has 0 atom stereocenters. The van der Waals surface area contributed by atoms with Crippen LogP contribution in [-0.2, 0) is 4.74 Å². The molecular formula is C13H17ClNO2+. The first kappa shape index (κ1) is 12.4. The lowest BCUT2D eigenvalue weighted by molar-refractivity contribution is -0.885. The van der Waals surface area contributed by atoms with Gasteiger partial charge in [0.15, 0.2) is 0 Å². The second-order valence-electron chi connectivity index (χ2n) is 4.54. The highest BCUT2D eigenvalue weighted by Crippen LogP contribution is 2.17. The number of hydrogen-bond donors (Lipinski definition) is 1. The first-order chi connectivity index (χ1) is 8.16. The van der Waals surface area contributed by atoms with Gasteiger partial charge in [-0.3, -0.25) is 0 Å². The lowest BCUT2D eigenvalue weighted by atomic mass is 10.1. The first-order valence-corrected chi connectivity index (χ1v) is 6.31. The van der Waals surface area contributed by atoms with Crippen LogP contribution in [0.15, 0.2) is 24.3 Å². The van der Waals surface area contributed by atoms with Crippen LogP contribution in [0.1, 0.15) is 23.2 Å². The monoisotopic (exact) mass is 254 g/mol. The number of esters is 1. The predicted octanol–water partition coefficient (Wildman–Crippen LogP) is 1.17. The van der Waals surface area contributed by atoms with Gasteiger partial charge in [-0.25, -0.2) is 4.79 Å². The van der Waals surface area contributed by atoms with E-state index < -0.39 is 0 Å². The summed E-state index contributed by atoms with van der Waals surface area (Å²) in [5, 5.41) is 0.455. The van der Waals surface area contributed by atoms with Crippen LogP contribution in [0.5, 0.6) is 0 Å². The van der Waals surface area contributed by atoms with Gasteiger partial charge in [-0.1, -0.05) is 23.7 Å². The molecule has 1 aliphatic rings. The molecule has 1 aromatic rings. The molecule has 1 aliphatic heterocycles. The molecule has 0 unspecified atom stereocenters. The van der Waals surface area contributed by atoms with E-state index in [9.17, 15) is 4.79 Å². The van der Waals surface area contributed by atoms with E-state index in [-0.39, 0.29) is 12.1 Å². The summed E-state index contributed by atoms with van der Waals surface area (Å²) >= 11 is 5.96. The number of ether oxygens (including phenoxy) is 1. The van der Waals surface area contributed by atoms with Crippen molar-refractivity contribution in [3.63, 3.8) is 0 Å². The summed E-state index contributed by atoms with van der Waals surface area (Å²) in [6, 6.07) is 7.00. The van der Waals surface area contributed by atoms with E-state index in [1.54, 1.807) is 24.3 Å². The van der Waals surface area contributed by atoms with Gasteiger partial charge in [0.1, 0.15) is 6.10 Å². The molecule has 1 fully saturated rings. The normalized spacial score (nSPS) is 24.4. The fourth-order valence-electron chi connectivity index (χ4n) is 2.04. The van der Waals surface area contributed by atoms with Gasteiger partial charge in [0.25, 0.3) is 0 Å². The van der Waals surface area contributed by atoms with E-state index >= 15 is 0 Å². The first-order valence-electron chi connectivity index (χ1n) is 5.93. The molecule has 92 valence electrons. The largest absolute Gasteiger partial charge is 0.458 e. The zero-order valence-electron chi connectivity index (χ0n) is 9.91. The second kappa shape index (κ2) is 5.52. The fourth-order valence-corrected chi connectivity index (χ4v) is 2.26. The average Bonchev–Trinajstić information content (AvgIpc) is 2.32. The molecule has 0 amide bonds. The summed E-state index contributed by atoms with van der Waals surface area (Å²) in [5.41, 5.74) is 0.459. The Morgan fingerprint density at radius 1 is 1.35 bits per heavy atom. The van der Waals surface area contributed by atoms with Crippen LogP contribution in [0.4, 0.5) is 0 Å². The molecule has 0 bridgehead atoms. The molecule has 3 nitrogen and oxygen atoms in total. The quantitative estimate of drug-likeness (QED) is 0.804. The van der Waals surface area contributed by atoms with Crippen LogP contribution in [0.2, 0.25) is 5.02 Å². The number of rotatable bonds is 2. The van der Waals surface area contributed by atoms with Gasteiger partial charge < -0.3 is 9.64 Å². The van der Waals surface area contributed by atoms with Crippen molar-refractivity contribution in [1.29, 1.82) is 0 Å². The minimum absolute atomic E-state index is 0.0440. The molecule has 0 aromatic heterocycles. The zero-order chi connectivity index (χ0) is 12.3. The molecule has 4 heteroatoms. The Kier molecular flexibility index (Phi) is 4.02. The Bertz CT molecular complexity index is 400. The molecule has 0 saturated carbocycles. The topological polar surface area (TPSA) is 30.7 Å². The van der Waals surface area contributed by atoms with Crippen molar-refractivity contribution in [2.45, 2.75) is 18.9 Å². The van der Waals surface area contributed by atoms with Crippen molar-refractivity contribution in [3.05, 3.63) is 34.9 Å². The Morgan fingerprint density at radius 2 is 2.00 bits per heavy atom. The van der Waals surface area contributed by atoms with Crippen LogP contribution >= 0.6 is 11.6 Å². The fraction of sp³-hybridized carbons (Fsp3) is 0.462. The van der Waals surface area contributed by atoms with Crippen molar-refractivity contribution in [2.75, 3.05) is 20.1 Å². The third-order valence-electron chi connectivity index (χ3n) is 3.15. The lowest BCUT2D eigenvalue weighted by Crippen LogP contribution is -3.10. The van der Waals surface area contributed by atoms with Crippen LogP contribution in [-0.4, -0.2) is 32.2 Å². The van der Waals surface area contributed by atoms with Crippen LogP contribution < -0.4 is 4.90 Å². The van der Waals surface area contributed by atoms with Gasteiger partial charge in [-0.05, 0) is 12.1 Å². The van der Waals surface area contributed by atoms with Crippen molar-refractivity contribution in [3.8, 4) is 0 Å². The SMILES string of the molecule is C[NH+]1CCC(OC(=O)c2ccccc2Cl)CC1. The predicted molar refractivity (Wildman–Crippen MR) is 66.5 cm³/mol. The maximum absolute atomic E-state index is 11.9. The smallest absolute Gasteiger partial charge is 0.339 e. The van der Waals surface area contributed by atoms with Crippen molar-refractivity contribution < 1.29 is 14.4 Å². The van der Waals surface area contributed by atoms with Crippen molar-refractivity contribution in [2.24, 2.45) is 0 Å². The van der Waals surface area contributed by atoms with Gasteiger partial charge in [0, 0.05) is 12.8 Å². The second-order valence-corrected chi connectivity index (χ2v) is 4.95. The Hall–Kier alpha value is -1.06.